The predicted molar refractivity (Wildman–Crippen MR) is 73.5 cm³/mol. The van der Waals surface area contributed by atoms with Crippen LogP contribution in [-0.4, -0.2) is 15.9 Å². The van der Waals surface area contributed by atoms with Gasteiger partial charge in [-0.2, -0.15) is 0 Å². The second-order valence-corrected chi connectivity index (χ2v) is 4.74. The van der Waals surface area contributed by atoms with Crippen LogP contribution in [0.1, 0.15) is 23.1 Å². The number of nitrogens with zero attached hydrogens (tertiary/aromatic N) is 2. The minimum absolute atomic E-state index is 0.116. The fourth-order valence-corrected chi connectivity index (χ4v) is 1.83. The normalized spacial score (nSPS) is 10.3. The van der Waals surface area contributed by atoms with Gasteiger partial charge in [-0.05, 0) is 30.7 Å². The van der Waals surface area contributed by atoms with E-state index >= 15 is 0 Å². The lowest BCUT2D eigenvalue weighted by Crippen LogP contribution is -2.15. The van der Waals surface area contributed by atoms with Gasteiger partial charge in [0.2, 0.25) is 0 Å². The average molecular weight is 324 g/mol. The van der Waals surface area contributed by atoms with E-state index in [0.29, 0.717) is 10.9 Å². The van der Waals surface area contributed by atoms with Crippen molar-refractivity contribution >= 4 is 27.5 Å². The van der Waals surface area contributed by atoms with Crippen LogP contribution in [0.15, 0.2) is 35.1 Å². The molecule has 0 aliphatic heterocycles. The number of anilines is 1. The molecule has 0 radical (unpaired) electrons. The minimum Gasteiger partial charge on any atom is -0.318 e. The highest BCUT2D eigenvalue weighted by Crippen LogP contribution is 2.19. The van der Waals surface area contributed by atoms with E-state index in [0.717, 1.165) is 5.69 Å². The number of nitrogens with one attached hydrogen (secondary N) is 1. The second kappa shape index (κ2) is 5.88. The lowest BCUT2D eigenvalue weighted by atomic mass is 10.2. The number of carbonyl (C=O) groups is 1. The molecule has 0 aliphatic rings. The summed E-state index contributed by atoms with van der Waals surface area (Å²) in [6.45, 7) is 1.93. The Morgan fingerprint density at radius 2 is 2.16 bits per heavy atom. The summed E-state index contributed by atoms with van der Waals surface area (Å²) < 4.78 is 14.2. The van der Waals surface area contributed by atoms with Gasteiger partial charge in [-0.1, -0.05) is 22.9 Å². The standard InChI is InChI=1S/C13H11BrFN3O/c1-2-9-6-12(17-7-16-9)13(19)18-11-4-3-8(14)5-10(11)15/h3-7H,2H2,1H3,(H,18,19). The Bertz CT molecular complexity index is 619. The van der Waals surface area contributed by atoms with Crippen molar-refractivity contribution in [2.45, 2.75) is 13.3 Å². The molecule has 6 heteroatoms. The molecule has 1 amide bonds. The van der Waals surface area contributed by atoms with Crippen LogP contribution in [0.25, 0.3) is 0 Å². The van der Waals surface area contributed by atoms with Crippen molar-refractivity contribution in [1.82, 2.24) is 9.97 Å². The van der Waals surface area contributed by atoms with Crippen LogP contribution in [0.5, 0.6) is 0 Å². The van der Waals surface area contributed by atoms with E-state index < -0.39 is 11.7 Å². The number of halogens is 2. The maximum absolute atomic E-state index is 13.6. The van der Waals surface area contributed by atoms with Gasteiger partial charge in [0.15, 0.2) is 0 Å². The molecule has 98 valence electrons. The molecule has 0 bridgehead atoms. The molecule has 0 aliphatic carbocycles. The Kier molecular flexibility index (Phi) is 4.21. The van der Waals surface area contributed by atoms with Crippen LogP contribution < -0.4 is 5.32 Å². The second-order valence-electron chi connectivity index (χ2n) is 3.83. The Hall–Kier alpha value is -1.82. The third-order valence-corrected chi connectivity index (χ3v) is 2.99. The quantitative estimate of drug-likeness (QED) is 0.943. The first-order valence-corrected chi connectivity index (χ1v) is 6.46. The monoisotopic (exact) mass is 323 g/mol. The first-order valence-electron chi connectivity index (χ1n) is 5.67. The van der Waals surface area contributed by atoms with Crippen LogP contribution in [0, 0.1) is 5.82 Å². The van der Waals surface area contributed by atoms with E-state index in [-0.39, 0.29) is 11.4 Å². The van der Waals surface area contributed by atoms with E-state index in [1.165, 1.54) is 18.5 Å². The Morgan fingerprint density at radius 3 is 2.84 bits per heavy atom. The first kappa shape index (κ1) is 13.6. The van der Waals surface area contributed by atoms with Gasteiger partial charge in [-0.25, -0.2) is 14.4 Å². The molecule has 0 fully saturated rings. The van der Waals surface area contributed by atoms with Crippen molar-refractivity contribution in [3.05, 3.63) is 52.3 Å². The fraction of sp³-hybridized carbons (Fsp3) is 0.154. The lowest BCUT2D eigenvalue weighted by Gasteiger charge is -2.06. The van der Waals surface area contributed by atoms with E-state index in [1.807, 2.05) is 6.92 Å². The van der Waals surface area contributed by atoms with Crippen LogP contribution in [0.3, 0.4) is 0 Å². The van der Waals surface area contributed by atoms with Gasteiger partial charge in [0.25, 0.3) is 5.91 Å². The van der Waals surface area contributed by atoms with Crippen molar-refractivity contribution < 1.29 is 9.18 Å². The van der Waals surface area contributed by atoms with Crippen LogP contribution in [0.4, 0.5) is 10.1 Å². The van der Waals surface area contributed by atoms with Crippen LogP contribution in [-0.2, 0) is 6.42 Å². The van der Waals surface area contributed by atoms with Crippen LogP contribution in [0.2, 0.25) is 0 Å². The number of hydrogen-bond donors (Lipinski definition) is 1. The van der Waals surface area contributed by atoms with E-state index in [4.69, 9.17) is 0 Å². The minimum atomic E-state index is -0.507. The molecular weight excluding hydrogens is 313 g/mol. The number of rotatable bonds is 3. The van der Waals surface area contributed by atoms with Gasteiger partial charge in [0.1, 0.15) is 17.8 Å². The number of aryl methyl sites for hydroxylation is 1. The van der Waals surface area contributed by atoms with E-state index in [1.54, 1.807) is 12.1 Å². The maximum atomic E-state index is 13.6. The summed E-state index contributed by atoms with van der Waals surface area (Å²) in [4.78, 5) is 19.8. The highest BCUT2D eigenvalue weighted by molar-refractivity contribution is 9.10. The molecule has 1 heterocycles. The molecule has 1 aromatic heterocycles. The molecule has 2 rings (SSSR count). The number of benzene rings is 1. The smallest absolute Gasteiger partial charge is 0.274 e. The molecule has 0 unspecified atom stereocenters. The molecule has 0 spiro atoms. The van der Waals surface area contributed by atoms with Crippen molar-refractivity contribution in [1.29, 1.82) is 0 Å². The summed E-state index contributed by atoms with van der Waals surface area (Å²) in [6, 6.07) is 6.01. The van der Waals surface area contributed by atoms with Crippen molar-refractivity contribution in [3.8, 4) is 0 Å². The SMILES string of the molecule is CCc1cc(C(=O)Nc2ccc(Br)cc2F)ncn1. The molecule has 1 aromatic carbocycles. The van der Waals surface area contributed by atoms with E-state index in [2.05, 4.69) is 31.2 Å². The molecule has 19 heavy (non-hydrogen) atoms. The Morgan fingerprint density at radius 1 is 1.37 bits per heavy atom. The van der Waals surface area contributed by atoms with E-state index in [9.17, 15) is 9.18 Å². The molecule has 0 saturated heterocycles. The highest BCUT2D eigenvalue weighted by atomic mass is 79.9. The third-order valence-electron chi connectivity index (χ3n) is 2.50. The summed E-state index contributed by atoms with van der Waals surface area (Å²) in [5, 5.41) is 2.48. The highest BCUT2D eigenvalue weighted by Gasteiger charge is 2.11. The van der Waals surface area contributed by atoms with Gasteiger partial charge >= 0.3 is 0 Å². The number of amides is 1. The fourth-order valence-electron chi connectivity index (χ4n) is 1.49. The largest absolute Gasteiger partial charge is 0.318 e. The zero-order valence-electron chi connectivity index (χ0n) is 10.2. The van der Waals surface area contributed by atoms with Gasteiger partial charge in [-0.3, -0.25) is 4.79 Å². The van der Waals surface area contributed by atoms with Gasteiger partial charge in [-0.15, -0.1) is 0 Å². The summed E-state index contributed by atoms with van der Waals surface area (Å²) >= 11 is 3.15. The molecule has 0 saturated carbocycles. The zero-order valence-corrected chi connectivity index (χ0v) is 11.7. The van der Waals surface area contributed by atoms with Crippen molar-refractivity contribution in [2.24, 2.45) is 0 Å². The summed E-state index contributed by atoms with van der Waals surface area (Å²) in [5.74, 6) is -0.967. The molecule has 4 nitrogen and oxygen atoms in total. The number of carbonyl (C=O) groups excluding carboxylic acids is 1. The zero-order chi connectivity index (χ0) is 13.8. The predicted octanol–water partition coefficient (Wildman–Crippen LogP) is 3.19. The molecule has 1 N–H and O–H groups in total. The maximum Gasteiger partial charge on any atom is 0.274 e. The number of aromatic nitrogens is 2. The Balaban J connectivity index is 2.20. The summed E-state index contributed by atoms with van der Waals surface area (Å²) in [7, 11) is 0. The van der Waals surface area contributed by atoms with Crippen molar-refractivity contribution in [3.63, 3.8) is 0 Å². The average Bonchev–Trinajstić information content (AvgIpc) is 2.42. The Labute approximate surface area is 118 Å². The van der Waals surface area contributed by atoms with Gasteiger partial charge in [0.05, 0.1) is 5.69 Å². The summed E-state index contributed by atoms with van der Waals surface area (Å²) in [6.07, 6.45) is 2.03. The molecule has 0 atom stereocenters. The van der Waals surface area contributed by atoms with Gasteiger partial charge < -0.3 is 5.32 Å². The van der Waals surface area contributed by atoms with Gasteiger partial charge in [0, 0.05) is 10.2 Å². The topological polar surface area (TPSA) is 54.9 Å². The molecule has 2 aromatic rings. The third kappa shape index (κ3) is 3.35. The number of hydrogen-bond acceptors (Lipinski definition) is 3. The molecular formula is C13H11BrFN3O. The first-order chi connectivity index (χ1) is 9.10. The van der Waals surface area contributed by atoms with Crippen molar-refractivity contribution in [2.75, 3.05) is 5.32 Å². The lowest BCUT2D eigenvalue weighted by molar-refractivity contribution is 0.102. The van der Waals surface area contributed by atoms with Crippen LogP contribution >= 0.6 is 15.9 Å². The summed E-state index contributed by atoms with van der Waals surface area (Å²) in [5.41, 5.74) is 1.09.